The van der Waals surface area contributed by atoms with Crippen molar-refractivity contribution >= 4 is 8.80 Å². The van der Waals surface area contributed by atoms with Gasteiger partial charge in [-0.1, -0.05) is 64.2 Å². The molecule has 1 rings (SSSR count). The summed E-state index contributed by atoms with van der Waals surface area (Å²) >= 11 is 0. The summed E-state index contributed by atoms with van der Waals surface area (Å²) in [5.41, 5.74) is 0. The van der Waals surface area contributed by atoms with Crippen molar-refractivity contribution in [2.24, 2.45) is 5.92 Å². The minimum Gasteiger partial charge on any atom is -0.377 e. The van der Waals surface area contributed by atoms with Gasteiger partial charge >= 0.3 is 8.80 Å². The molecule has 0 aliphatic heterocycles. The molecule has 0 heterocycles. The predicted octanol–water partition coefficient (Wildman–Crippen LogP) is 5.90. The van der Waals surface area contributed by atoms with Crippen LogP contribution < -0.4 is 0 Å². The molecule has 1 aliphatic rings. The van der Waals surface area contributed by atoms with Crippen LogP contribution >= 0.6 is 0 Å². The first-order valence-electron chi connectivity index (χ1n) is 11.2. The van der Waals surface area contributed by atoms with Gasteiger partial charge < -0.3 is 13.3 Å². The van der Waals surface area contributed by atoms with Crippen LogP contribution in [0.3, 0.4) is 0 Å². The molecular weight excluding hydrogens is 360 g/mol. The number of hydrogen-bond acceptors (Lipinski definition) is 5. The van der Waals surface area contributed by atoms with Gasteiger partial charge in [0.05, 0.1) is 13.2 Å². The Hall–Kier alpha value is 0.0169. The summed E-state index contributed by atoms with van der Waals surface area (Å²) in [4.78, 5) is 10.7. The van der Waals surface area contributed by atoms with Crippen LogP contribution in [0.4, 0.5) is 0 Å². The lowest BCUT2D eigenvalue weighted by atomic mass is 9.90. The van der Waals surface area contributed by atoms with Crippen LogP contribution in [0, 0.1) is 5.92 Å². The lowest BCUT2D eigenvalue weighted by molar-refractivity contribution is -0.302. The SMILES string of the molecule is CO[Si](CCCCCCCCCCCOOCC1CCCCC1)(OC)OC. The average Bonchev–Trinajstić information content (AvgIpc) is 2.72. The summed E-state index contributed by atoms with van der Waals surface area (Å²) in [5, 5.41) is 0. The summed E-state index contributed by atoms with van der Waals surface area (Å²) in [5.74, 6) is 0.732. The monoisotopic (exact) mass is 404 g/mol. The average molecular weight is 405 g/mol. The third-order valence-electron chi connectivity index (χ3n) is 5.76. The second-order valence-electron chi connectivity index (χ2n) is 7.84. The molecule has 27 heavy (non-hydrogen) atoms. The number of hydrogen-bond donors (Lipinski definition) is 0. The fourth-order valence-electron chi connectivity index (χ4n) is 3.85. The summed E-state index contributed by atoms with van der Waals surface area (Å²) in [6.07, 6.45) is 18.1. The molecule has 0 atom stereocenters. The van der Waals surface area contributed by atoms with Crippen LogP contribution in [0.1, 0.15) is 89.9 Å². The van der Waals surface area contributed by atoms with Gasteiger partial charge in [-0.2, -0.15) is 0 Å². The normalized spacial score (nSPS) is 16.1. The molecule has 0 amide bonds. The van der Waals surface area contributed by atoms with Gasteiger partial charge in [-0.05, 0) is 31.6 Å². The predicted molar refractivity (Wildman–Crippen MR) is 112 cm³/mol. The van der Waals surface area contributed by atoms with E-state index in [0.717, 1.165) is 38.0 Å². The molecule has 0 N–H and O–H groups in total. The van der Waals surface area contributed by atoms with Crippen LogP contribution in [0.15, 0.2) is 0 Å². The zero-order chi connectivity index (χ0) is 19.6. The topological polar surface area (TPSA) is 46.2 Å². The highest BCUT2D eigenvalue weighted by molar-refractivity contribution is 6.60. The van der Waals surface area contributed by atoms with E-state index in [2.05, 4.69) is 0 Å². The van der Waals surface area contributed by atoms with E-state index >= 15 is 0 Å². The van der Waals surface area contributed by atoms with Crippen molar-refractivity contribution in [3.63, 3.8) is 0 Å². The quantitative estimate of drug-likeness (QED) is 0.123. The van der Waals surface area contributed by atoms with E-state index in [-0.39, 0.29) is 0 Å². The lowest BCUT2D eigenvalue weighted by Gasteiger charge is -2.24. The standard InChI is InChI=1S/C21H44O5Si/c1-22-27(23-2,24-3)19-15-10-8-6-4-5-7-9-14-18-25-26-20-21-16-12-11-13-17-21/h21H,4-20H2,1-3H3. The van der Waals surface area contributed by atoms with Crippen molar-refractivity contribution in [1.82, 2.24) is 0 Å². The van der Waals surface area contributed by atoms with Gasteiger partial charge in [0, 0.05) is 27.4 Å². The molecule has 0 aromatic carbocycles. The van der Waals surface area contributed by atoms with E-state index in [0.29, 0.717) is 0 Å². The molecule has 0 saturated heterocycles. The van der Waals surface area contributed by atoms with Gasteiger partial charge in [0.2, 0.25) is 0 Å². The van der Waals surface area contributed by atoms with E-state index in [1.807, 2.05) is 0 Å². The van der Waals surface area contributed by atoms with Crippen molar-refractivity contribution in [2.75, 3.05) is 34.5 Å². The maximum absolute atomic E-state index is 5.45. The van der Waals surface area contributed by atoms with Crippen molar-refractivity contribution < 1.29 is 23.1 Å². The van der Waals surface area contributed by atoms with E-state index < -0.39 is 8.80 Å². The van der Waals surface area contributed by atoms with Crippen molar-refractivity contribution in [1.29, 1.82) is 0 Å². The zero-order valence-corrected chi connectivity index (χ0v) is 19.1. The zero-order valence-electron chi connectivity index (χ0n) is 18.1. The highest BCUT2D eigenvalue weighted by Crippen LogP contribution is 2.23. The summed E-state index contributed by atoms with van der Waals surface area (Å²) in [6.45, 7) is 1.54. The van der Waals surface area contributed by atoms with Gasteiger partial charge in [0.1, 0.15) is 0 Å². The van der Waals surface area contributed by atoms with E-state index in [9.17, 15) is 0 Å². The lowest BCUT2D eigenvalue weighted by Crippen LogP contribution is -2.42. The molecule has 162 valence electrons. The minimum absolute atomic E-state index is 0.732. The summed E-state index contributed by atoms with van der Waals surface area (Å²) in [6, 6.07) is 0.916. The third kappa shape index (κ3) is 12.2. The van der Waals surface area contributed by atoms with Gasteiger partial charge in [0.15, 0.2) is 0 Å². The molecule has 1 aliphatic carbocycles. The molecule has 5 nitrogen and oxygen atoms in total. The Morgan fingerprint density at radius 3 is 1.70 bits per heavy atom. The fraction of sp³-hybridized carbons (Fsp3) is 1.00. The molecule has 0 radical (unpaired) electrons. The Balaban J connectivity index is 1.77. The van der Waals surface area contributed by atoms with E-state index in [1.54, 1.807) is 21.3 Å². The largest absolute Gasteiger partial charge is 0.500 e. The van der Waals surface area contributed by atoms with Crippen LogP contribution in [-0.2, 0) is 23.1 Å². The summed E-state index contributed by atoms with van der Waals surface area (Å²) < 4.78 is 16.3. The van der Waals surface area contributed by atoms with Crippen molar-refractivity contribution in [2.45, 2.75) is 95.9 Å². The van der Waals surface area contributed by atoms with E-state index in [4.69, 9.17) is 23.1 Å². The summed E-state index contributed by atoms with van der Waals surface area (Å²) in [7, 11) is 2.71. The van der Waals surface area contributed by atoms with Crippen LogP contribution in [0.2, 0.25) is 6.04 Å². The minimum atomic E-state index is -2.35. The Morgan fingerprint density at radius 2 is 1.15 bits per heavy atom. The molecule has 0 unspecified atom stereocenters. The second kappa shape index (κ2) is 16.9. The first-order valence-corrected chi connectivity index (χ1v) is 13.1. The number of unbranched alkanes of at least 4 members (excludes halogenated alkanes) is 8. The molecule has 0 bridgehead atoms. The highest BCUT2D eigenvalue weighted by atomic mass is 28.4. The van der Waals surface area contributed by atoms with Gasteiger partial charge in [-0.15, -0.1) is 0 Å². The Labute approximate surface area is 168 Å². The molecule has 1 saturated carbocycles. The Bertz CT molecular complexity index is 311. The smallest absolute Gasteiger partial charge is 0.377 e. The van der Waals surface area contributed by atoms with Crippen molar-refractivity contribution in [3.05, 3.63) is 0 Å². The fourth-order valence-corrected chi connectivity index (χ4v) is 5.65. The molecule has 0 aromatic rings. The Morgan fingerprint density at radius 1 is 0.630 bits per heavy atom. The van der Waals surface area contributed by atoms with Gasteiger partial charge in [-0.25, -0.2) is 9.78 Å². The number of rotatable bonds is 18. The maximum atomic E-state index is 5.45. The highest BCUT2D eigenvalue weighted by Gasteiger charge is 2.36. The first-order chi connectivity index (χ1) is 13.3. The van der Waals surface area contributed by atoms with Crippen LogP contribution in [-0.4, -0.2) is 43.3 Å². The second-order valence-corrected chi connectivity index (χ2v) is 10.9. The van der Waals surface area contributed by atoms with E-state index in [1.165, 1.54) is 77.0 Å². The van der Waals surface area contributed by atoms with Crippen LogP contribution in [0.25, 0.3) is 0 Å². The van der Waals surface area contributed by atoms with Crippen LogP contribution in [0.5, 0.6) is 0 Å². The third-order valence-corrected chi connectivity index (χ3v) is 8.59. The molecule has 0 spiro atoms. The van der Waals surface area contributed by atoms with Gasteiger partial charge in [-0.3, -0.25) is 0 Å². The maximum Gasteiger partial charge on any atom is 0.500 e. The molecular formula is C21H44O5Si. The molecule has 1 fully saturated rings. The van der Waals surface area contributed by atoms with Gasteiger partial charge in [0.25, 0.3) is 0 Å². The van der Waals surface area contributed by atoms with Crippen molar-refractivity contribution in [3.8, 4) is 0 Å². The Kier molecular flexibility index (Phi) is 15.7. The molecule has 6 heteroatoms. The first kappa shape index (κ1) is 25.1. The molecule has 0 aromatic heterocycles.